The minimum absolute atomic E-state index is 0.0776. The first-order valence-corrected chi connectivity index (χ1v) is 4.79. The van der Waals surface area contributed by atoms with Gasteiger partial charge in [0.05, 0.1) is 29.3 Å². The quantitative estimate of drug-likeness (QED) is 0.768. The molecule has 0 aliphatic heterocycles. The molecule has 2 rings (SSSR count). The average molecular weight is 232 g/mol. The van der Waals surface area contributed by atoms with Crippen molar-refractivity contribution in [3.05, 3.63) is 48.3 Å². The first kappa shape index (κ1) is 11.0. The van der Waals surface area contributed by atoms with Gasteiger partial charge in [0.1, 0.15) is 12.1 Å². The molecule has 1 aromatic heterocycles. The first-order chi connectivity index (χ1) is 8.18. The minimum Gasteiger partial charge on any atom is -0.396 e. The third-order valence-electron chi connectivity index (χ3n) is 2.12. The molecular weight excluding hydrogens is 223 g/mol. The Morgan fingerprint density at radius 3 is 2.71 bits per heavy atom. The fourth-order valence-corrected chi connectivity index (χ4v) is 1.30. The number of nitrogens with one attached hydrogen (secondary N) is 1. The first-order valence-electron chi connectivity index (χ1n) is 4.79. The Bertz CT molecular complexity index is 544. The Balaban J connectivity index is 2.24. The molecule has 0 aliphatic rings. The molecule has 0 saturated heterocycles. The van der Waals surface area contributed by atoms with Gasteiger partial charge in [0.15, 0.2) is 0 Å². The van der Waals surface area contributed by atoms with Gasteiger partial charge in [-0.05, 0) is 12.1 Å². The van der Waals surface area contributed by atoms with Crippen molar-refractivity contribution in [3.63, 3.8) is 0 Å². The summed E-state index contributed by atoms with van der Waals surface area (Å²) in [4.78, 5) is 19.3. The number of halogens is 1. The third-order valence-corrected chi connectivity index (χ3v) is 2.12. The number of aromatic nitrogens is 2. The average Bonchev–Trinajstić information content (AvgIpc) is 2.34. The molecule has 1 amide bonds. The number of carbonyl (C=O) groups excluding carboxylic acids is 1. The van der Waals surface area contributed by atoms with E-state index in [1.165, 1.54) is 36.9 Å². The van der Waals surface area contributed by atoms with E-state index >= 15 is 0 Å². The molecule has 0 atom stereocenters. The Hall–Kier alpha value is -2.50. The van der Waals surface area contributed by atoms with E-state index in [2.05, 4.69) is 15.3 Å². The highest BCUT2D eigenvalue weighted by Gasteiger charge is 2.12. The van der Waals surface area contributed by atoms with Crippen LogP contribution in [0.2, 0.25) is 0 Å². The normalized spacial score (nSPS) is 9.94. The van der Waals surface area contributed by atoms with Crippen molar-refractivity contribution in [2.45, 2.75) is 0 Å². The lowest BCUT2D eigenvalue weighted by atomic mass is 10.1. The highest BCUT2D eigenvalue weighted by Crippen LogP contribution is 2.17. The summed E-state index contributed by atoms with van der Waals surface area (Å²) in [5.41, 5.74) is 5.79. The van der Waals surface area contributed by atoms with Gasteiger partial charge in [-0.1, -0.05) is 6.07 Å². The summed E-state index contributed by atoms with van der Waals surface area (Å²) in [5, 5.41) is 2.52. The third kappa shape index (κ3) is 2.36. The van der Waals surface area contributed by atoms with E-state index in [0.717, 1.165) is 0 Å². The molecule has 5 nitrogen and oxygen atoms in total. The van der Waals surface area contributed by atoms with Crippen LogP contribution in [-0.2, 0) is 0 Å². The highest BCUT2D eigenvalue weighted by molar-refractivity contribution is 6.07. The van der Waals surface area contributed by atoms with E-state index in [0.29, 0.717) is 5.69 Å². The van der Waals surface area contributed by atoms with Gasteiger partial charge < -0.3 is 11.1 Å². The van der Waals surface area contributed by atoms with Crippen molar-refractivity contribution in [1.82, 2.24) is 9.97 Å². The van der Waals surface area contributed by atoms with Gasteiger partial charge in [0.25, 0.3) is 5.91 Å². The summed E-state index contributed by atoms with van der Waals surface area (Å²) in [5.74, 6) is -1.13. The number of para-hydroxylation sites is 1. The number of hydrogen-bond donors (Lipinski definition) is 2. The van der Waals surface area contributed by atoms with Crippen LogP contribution in [0.15, 0.2) is 36.9 Å². The Kier molecular flexibility index (Phi) is 2.95. The van der Waals surface area contributed by atoms with E-state index in [1.807, 2.05) is 0 Å². The van der Waals surface area contributed by atoms with Crippen molar-refractivity contribution in [3.8, 4) is 0 Å². The van der Waals surface area contributed by atoms with Crippen molar-refractivity contribution < 1.29 is 9.18 Å². The lowest BCUT2D eigenvalue weighted by Crippen LogP contribution is -2.15. The van der Waals surface area contributed by atoms with Crippen LogP contribution < -0.4 is 11.1 Å². The summed E-state index contributed by atoms with van der Waals surface area (Å²) < 4.78 is 13.1. The molecule has 0 spiro atoms. The smallest absolute Gasteiger partial charge is 0.257 e. The van der Waals surface area contributed by atoms with Crippen LogP contribution in [0.5, 0.6) is 0 Å². The zero-order valence-electron chi connectivity index (χ0n) is 8.72. The fraction of sp³-hybridized carbons (Fsp3) is 0. The summed E-state index contributed by atoms with van der Waals surface area (Å²) >= 11 is 0. The van der Waals surface area contributed by atoms with Gasteiger partial charge in [-0.3, -0.25) is 4.79 Å². The maximum Gasteiger partial charge on any atom is 0.257 e. The van der Waals surface area contributed by atoms with Gasteiger partial charge >= 0.3 is 0 Å². The molecule has 2 aromatic rings. The molecule has 6 heteroatoms. The SMILES string of the molecule is Nc1c(F)cccc1C(=O)Nc1cncnc1. The number of benzene rings is 1. The van der Waals surface area contributed by atoms with Gasteiger partial charge in [-0.25, -0.2) is 14.4 Å². The van der Waals surface area contributed by atoms with Crippen molar-refractivity contribution in [1.29, 1.82) is 0 Å². The topological polar surface area (TPSA) is 80.9 Å². The zero-order valence-corrected chi connectivity index (χ0v) is 8.72. The molecule has 17 heavy (non-hydrogen) atoms. The Morgan fingerprint density at radius 1 is 1.29 bits per heavy atom. The second-order valence-electron chi connectivity index (χ2n) is 3.28. The van der Waals surface area contributed by atoms with Crippen LogP contribution in [0.3, 0.4) is 0 Å². The number of anilines is 2. The second kappa shape index (κ2) is 4.56. The Morgan fingerprint density at radius 2 is 2.00 bits per heavy atom. The monoisotopic (exact) mass is 232 g/mol. The predicted octanol–water partition coefficient (Wildman–Crippen LogP) is 1.45. The zero-order chi connectivity index (χ0) is 12.3. The Labute approximate surface area is 96.5 Å². The molecule has 0 radical (unpaired) electrons. The van der Waals surface area contributed by atoms with E-state index in [4.69, 9.17) is 5.73 Å². The van der Waals surface area contributed by atoms with Crippen LogP contribution >= 0.6 is 0 Å². The van der Waals surface area contributed by atoms with Gasteiger partial charge in [0.2, 0.25) is 0 Å². The van der Waals surface area contributed by atoms with Crippen molar-refractivity contribution >= 4 is 17.3 Å². The molecule has 0 unspecified atom stereocenters. The molecule has 86 valence electrons. The number of carbonyl (C=O) groups is 1. The van der Waals surface area contributed by atoms with E-state index in [1.54, 1.807) is 0 Å². The number of nitrogen functional groups attached to an aromatic ring is 1. The standard InChI is InChI=1S/C11H9FN4O/c12-9-3-1-2-8(10(9)13)11(17)16-7-4-14-6-15-5-7/h1-6H,13H2,(H,16,17). The van der Waals surface area contributed by atoms with E-state index < -0.39 is 11.7 Å². The molecular formula is C11H9FN4O. The molecule has 0 aliphatic carbocycles. The maximum absolute atomic E-state index is 13.1. The largest absolute Gasteiger partial charge is 0.396 e. The lowest BCUT2D eigenvalue weighted by molar-refractivity contribution is 0.102. The summed E-state index contributed by atoms with van der Waals surface area (Å²) in [6.07, 6.45) is 4.20. The molecule has 1 aromatic carbocycles. The molecule has 0 fully saturated rings. The fourth-order valence-electron chi connectivity index (χ4n) is 1.30. The maximum atomic E-state index is 13.1. The van der Waals surface area contributed by atoms with Gasteiger partial charge in [-0.15, -0.1) is 0 Å². The lowest BCUT2D eigenvalue weighted by Gasteiger charge is -2.06. The van der Waals surface area contributed by atoms with E-state index in [-0.39, 0.29) is 11.3 Å². The number of rotatable bonds is 2. The summed E-state index contributed by atoms with van der Waals surface area (Å²) in [7, 11) is 0. The van der Waals surface area contributed by atoms with Crippen LogP contribution in [0.1, 0.15) is 10.4 Å². The second-order valence-corrected chi connectivity index (χ2v) is 3.28. The number of nitrogens with zero attached hydrogens (tertiary/aromatic N) is 2. The van der Waals surface area contributed by atoms with E-state index in [9.17, 15) is 9.18 Å². The summed E-state index contributed by atoms with van der Waals surface area (Å²) in [6, 6.07) is 4.05. The van der Waals surface area contributed by atoms with Gasteiger partial charge in [-0.2, -0.15) is 0 Å². The van der Waals surface area contributed by atoms with Crippen molar-refractivity contribution in [2.75, 3.05) is 11.1 Å². The van der Waals surface area contributed by atoms with Gasteiger partial charge in [0, 0.05) is 0 Å². The van der Waals surface area contributed by atoms with Crippen LogP contribution in [0, 0.1) is 5.82 Å². The van der Waals surface area contributed by atoms with Crippen LogP contribution in [0.4, 0.5) is 15.8 Å². The van der Waals surface area contributed by atoms with Crippen molar-refractivity contribution in [2.24, 2.45) is 0 Å². The number of amides is 1. The number of nitrogens with two attached hydrogens (primary N) is 1. The number of hydrogen-bond acceptors (Lipinski definition) is 4. The molecule has 3 N–H and O–H groups in total. The molecule has 1 heterocycles. The molecule has 0 saturated carbocycles. The highest BCUT2D eigenvalue weighted by atomic mass is 19.1. The van der Waals surface area contributed by atoms with Crippen LogP contribution in [-0.4, -0.2) is 15.9 Å². The molecule has 0 bridgehead atoms. The summed E-state index contributed by atoms with van der Waals surface area (Å²) in [6.45, 7) is 0. The predicted molar refractivity (Wildman–Crippen MR) is 60.8 cm³/mol. The minimum atomic E-state index is -0.623. The van der Waals surface area contributed by atoms with Crippen LogP contribution in [0.25, 0.3) is 0 Å².